The first-order valence-electron chi connectivity index (χ1n) is 9.54. The summed E-state index contributed by atoms with van der Waals surface area (Å²) in [6.07, 6.45) is 3.29. The van der Waals surface area contributed by atoms with E-state index in [1.807, 2.05) is 13.0 Å². The number of hydrogen-bond acceptors (Lipinski definition) is 4. The van der Waals surface area contributed by atoms with Crippen molar-refractivity contribution in [3.05, 3.63) is 51.8 Å². The van der Waals surface area contributed by atoms with Crippen LogP contribution in [-0.4, -0.2) is 45.5 Å². The highest BCUT2D eigenvalue weighted by atomic mass is 16.5. The number of pyridine rings is 1. The predicted octanol–water partition coefficient (Wildman–Crippen LogP) is 3.79. The molecule has 1 aliphatic heterocycles. The van der Waals surface area contributed by atoms with Crippen molar-refractivity contribution in [2.24, 2.45) is 0 Å². The molecule has 1 aromatic carbocycles. The van der Waals surface area contributed by atoms with Gasteiger partial charge < -0.3 is 19.4 Å². The van der Waals surface area contributed by atoms with Crippen molar-refractivity contribution in [2.75, 3.05) is 39.4 Å². The summed E-state index contributed by atoms with van der Waals surface area (Å²) in [5.74, 6) is 0. The number of aryl methyl sites for hydroxylation is 2. The Labute approximate surface area is 162 Å². The van der Waals surface area contributed by atoms with Gasteiger partial charge in [0.05, 0.1) is 18.3 Å². The number of aromatic nitrogens is 1. The number of benzene rings is 1. The van der Waals surface area contributed by atoms with E-state index < -0.39 is 0 Å². The Kier molecular flexibility index (Phi) is 8.07. The van der Waals surface area contributed by atoms with Crippen molar-refractivity contribution < 1.29 is 9.47 Å². The molecule has 5 nitrogen and oxygen atoms in total. The summed E-state index contributed by atoms with van der Waals surface area (Å²) < 4.78 is 9.59. The van der Waals surface area contributed by atoms with E-state index in [2.05, 4.69) is 45.8 Å². The maximum Gasteiger partial charge on any atom is 0.251 e. The van der Waals surface area contributed by atoms with Gasteiger partial charge in [-0.25, -0.2) is 0 Å². The predicted molar refractivity (Wildman–Crippen MR) is 112 cm³/mol. The van der Waals surface area contributed by atoms with Gasteiger partial charge in [-0.3, -0.25) is 4.79 Å². The fourth-order valence-electron chi connectivity index (χ4n) is 3.59. The maximum absolute atomic E-state index is 12.0. The Balaban J connectivity index is 0.000000817. The van der Waals surface area contributed by atoms with E-state index in [4.69, 9.17) is 4.74 Å². The Morgan fingerprint density at radius 3 is 2.44 bits per heavy atom. The minimum Gasteiger partial charge on any atom is -0.388 e. The zero-order valence-electron chi connectivity index (χ0n) is 17.2. The van der Waals surface area contributed by atoms with E-state index in [0.29, 0.717) is 6.04 Å². The van der Waals surface area contributed by atoms with E-state index in [1.54, 1.807) is 21.3 Å². The van der Waals surface area contributed by atoms with Gasteiger partial charge in [0.15, 0.2) is 0 Å². The van der Waals surface area contributed by atoms with E-state index in [1.165, 1.54) is 24.1 Å². The number of rotatable bonds is 5. The summed E-state index contributed by atoms with van der Waals surface area (Å²) in [6, 6.07) is 11.0. The third-order valence-corrected chi connectivity index (χ3v) is 4.91. The number of nitrogens with zero attached hydrogens (tertiary/aromatic N) is 1. The molecule has 1 saturated heterocycles. The number of anilines is 1. The summed E-state index contributed by atoms with van der Waals surface area (Å²) in [4.78, 5) is 17.5. The van der Waals surface area contributed by atoms with Gasteiger partial charge in [0.25, 0.3) is 5.56 Å². The quantitative estimate of drug-likeness (QED) is 0.868. The number of methoxy groups -OCH3 is 2. The molecule has 27 heavy (non-hydrogen) atoms. The average Bonchev–Trinajstić information content (AvgIpc) is 3.13. The Hall–Kier alpha value is -2.11. The molecule has 0 spiro atoms. The molecule has 0 amide bonds. The molecule has 1 aliphatic rings. The lowest BCUT2D eigenvalue weighted by Gasteiger charge is -2.26. The van der Waals surface area contributed by atoms with Crippen LogP contribution >= 0.6 is 0 Å². The number of ether oxygens (including phenoxy) is 2. The van der Waals surface area contributed by atoms with Crippen molar-refractivity contribution in [3.63, 3.8) is 0 Å². The highest BCUT2D eigenvalue weighted by Crippen LogP contribution is 2.29. The molecular weight excluding hydrogens is 340 g/mol. The fourth-order valence-corrected chi connectivity index (χ4v) is 3.59. The van der Waals surface area contributed by atoms with Crippen LogP contribution in [0.2, 0.25) is 0 Å². The van der Waals surface area contributed by atoms with Crippen LogP contribution in [0.15, 0.2) is 35.1 Å². The third kappa shape index (κ3) is 5.21. The van der Waals surface area contributed by atoms with Gasteiger partial charge in [-0.1, -0.05) is 19.1 Å². The molecule has 1 aromatic heterocycles. The van der Waals surface area contributed by atoms with Crippen LogP contribution in [0.5, 0.6) is 0 Å². The third-order valence-electron chi connectivity index (χ3n) is 4.91. The lowest BCUT2D eigenvalue weighted by Crippen LogP contribution is -2.32. The Morgan fingerprint density at radius 1 is 1.19 bits per heavy atom. The molecule has 2 heterocycles. The molecular formula is C22H32N2O3. The van der Waals surface area contributed by atoms with Gasteiger partial charge in [-0.2, -0.15) is 0 Å². The Bertz CT molecular complexity index is 768. The Morgan fingerprint density at radius 2 is 1.85 bits per heavy atom. The molecule has 3 rings (SSSR count). The van der Waals surface area contributed by atoms with Crippen LogP contribution in [0.1, 0.15) is 30.9 Å². The molecule has 1 atom stereocenters. The second-order valence-corrected chi connectivity index (χ2v) is 6.94. The number of H-pyrrole nitrogens is 1. The minimum absolute atomic E-state index is 0.00835. The van der Waals surface area contributed by atoms with E-state index in [0.717, 1.165) is 36.4 Å². The molecule has 1 fully saturated rings. The normalized spacial score (nSPS) is 16.2. The average molecular weight is 373 g/mol. The first kappa shape index (κ1) is 21.2. The zero-order valence-corrected chi connectivity index (χ0v) is 17.2. The topological polar surface area (TPSA) is 54.6 Å². The molecule has 148 valence electrons. The first-order valence-corrected chi connectivity index (χ1v) is 9.54. The van der Waals surface area contributed by atoms with E-state index in [-0.39, 0.29) is 5.56 Å². The molecule has 0 unspecified atom stereocenters. The maximum atomic E-state index is 12.0. The highest BCUT2D eigenvalue weighted by Gasteiger charge is 2.24. The molecule has 5 heteroatoms. The lowest BCUT2D eigenvalue weighted by molar-refractivity contribution is 0.181. The zero-order chi connectivity index (χ0) is 19.8. The lowest BCUT2D eigenvalue weighted by atomic mass is 10.0. The molecule has 0 saturated carbocycles. The second kappa shape index (κ2) is 10.3. The van der Waals surface area contributed by atoms with Crippen LogP contribution in [0.25, 0.3) is 11.3 Å². The number of nitrogens with one attached hydrogen (secondary N) is 1. The van der Waals surface area contributed by atoms with Gasteiger partial charge in [-0.15, -0.1) is 0 Å². The number of aromatic amines is 1. The summed E-state index contributed by atoms with van der Waals surface area (Å²) in [5, 5.41) is 0. The molecule has 0 aliphatic carbocycles. The monoisotopic (exact) mass is 372 g/mol. The van der Waals surface area contributed by atoms with Crippen LogP contribution in [-0.2, 0) is 15.9 Å². The van der Waals surface area contributed by atoms with Gasteiger partial charge in [-0.05, 0) is 55.5 Å². The number of hydrogen-bond donors (Lipinski definition) is 1. The smallest absolute Gasteiger partial charge is 0.251 e. The molecule has 1 N–H and O–H groups in total. The summed E-state index contributed by atoms with van der Waals surface area (Å²) in [7, 11) is 5.01. The van der Waals surface area contributed by atoms with Crippen LogP contribution in [0.3, 0.4) is 0 Å². The highest BCUT2D eigenvalue weighted by molar-refractivity contribution is 5.66. The van der Waals surface area contributed by atoms with Crippen LogP contribution in [0, 0.1) is 6.92 Å². The van der Waals surface area contributed by atoms with Crippen molar-refractivity contribution in [2.45, 2.75) is 39.2 Å². The first-order chi connectivity index (χ1) is 13.0. The van der Waals surface area contributed by atoms with Gasteiger partial charge in [0, 0.05) is 39.1 Å². The van der Waals surface area contributed by atoms with Crippen molar-refractivity contribution in [1.82, 2.24) is 4.98 Å². The van der Waals surface area contributed by atoms with Gasteiger partial charge >= 0.3 is 0 Å². The fraction of sp³-hybridized carbons (Fsp3) is 0.500. The second-order valence-electron chi connectivity index (χ2n) is 6.94. The SMILES string of the molecule is CCc1cc(C)c(=O)[nH]c1-c1ccc(N2CCC[C@H]2COC)cc1.COC. The van der Waals surface area contributed by atoms with Crippen LogP contribution in [0.4, 0.5) is 5.69 Å². The van der Waals surface area contributed by atoms with Crippen molar-refractivity contribution in [3.8, 4) is 11.3 Å². The molecule has 0 radical (unpaired) electrons. The van der Waals surface area contributed by atoms with Gasteiger partial charge in [0.2, 0.25) is 0 Å². The van der Waals surface area contributed by atoms with E-state index in [9.17, 15) is 4.79 Å². The van der Waals surface area contributed by atoms with Gasteiger partial charge in [0.1, 0.15) is 0 Å². The summed E-state index contributed by atoms with van der Waals surface area (Å²) in [5.41, 5.74) is 5.17. The van der Waals surface area contributed by atoms with Crippen LogP contribution < -0.4 is 10.5 Å². The van der Waals surface area contributed by atoms with Crippen molar-refractivity contribution in [1.29, 1.82) is 0 Å². The van der Waals surface area contributed by atoms with E-state index >= 15 is 0 Å². The summed E-state index contributed by atoms with van der Waals surface area (Å²) >= 11 is 0. The molecule has 0 bridgehead atoms. The van der Waals surface area contributed by atoms with Crippen molar-refractivity contribution >= 4 is 5.69 Å². The summed E-state index contributed by atoms with van der Waals surface area (Å²) in [6.45, 7) is 5.82. The standard InChI is InChI=1S/C20H26N2O2.C2H6O/c1-4-15-12-14(2)20(23)21-19(15)16-7-9-17(10-8-16)22-11-5-6-18(22)13-24-3;1-3-2/h7-10,12,18H,4-6,11,13H2,1-3H3,(H,21,23);1-2H3/t18-;/m0./s1. The largest absolute Gasteiger partial charge is 0.388 e. The minimum atomic E-state index is -0.00835. The molecule has 2 aromatic rings.